The second-order valence-corrected chi connectivity index (χ2v) is 7.31. The Morgan fingerprint density at radius 2 is 1.83 bits per heavy atom. The van der Waals surface area contributed by atoms with E-state index in [0.29, 0.717) is 0 Å². The number of benzene rings is 2. The lowest BCUT2D eigenvalue weighted by molar-refractivity contribution is -0.111. The second-order valence-electron chi connectivity index (χ2n) is 6.40. The van der Waals surface area contributed by atoms with Crippen molar-refractivity contribution in [2.24, 2.45) is 0 Å². The molecule has 126 valence electrons. The Hall–Kier alpha value is -1.78. The van der Waals surface area contributed by atoms with Crippen molar-refractivity contribution in [3.63, 3.8) is 0 Å². The van der Waals surface area contributed by atoms with E-state index in [2.05, 4.69) is 52.5 Å². The standard InChI is InChI=1S/C19H19BrN2O.ClH/c1-19(2)12-13-5-3-4-6-16(13)17(22-19)11-18(23)21-15-9-7-14(20)8-10-15;/h3-11,22H,12H2,1-2H3,(H,21,23);1H/b17-11+;. The molecule has 2 aromatic rings. The van der Waals surface area contributed by atoms with Crippen LogP contribution < -0.4 is 10.6 Å². The molecule has 0 spiro atoms. The monoisotopic (exact) mass is 406 g/mol. The van der Waals surface area contributed by atoms with Crippen molar-refractivity contribution >= 4 is 45.6 Å². The number of amides is 1. The summed E-state index contributed by atoms with van der Waals surface area (Å²) in [5, 5.41) is 6.37. The van der Waals surface area contributed by atoms with E-state index >= 15 is 0 Å². The molecule has 3 nitrogen and oxygen atoms in total. The summed E-state index contributed by atoms with van der Waals surface area (Å²) in [5.74, 6) is -0.137. The predicted octanol–water partition coefficient (Wildman–Crippen LogP) is 4.77. The molecule has 0 aliphatic carbocycles. The van der Waals surface area contributed by atoms with E-state index < -0.39 is 0 Å². The number of nitrogens with one attached hydrogen (secondary N) is 2. The molecule has 1 amide bonds. The smallest absolute Gasteiger partial charge is 0.250 e. The summed E-state index contributed by atoms with van der Waals surface area (Å²) in [6, 6.07) is 15.8. The number of carbonyl (C=O) groups excluding carboxylic acids is 1. The van der Waals surface area contributed by atoms with Gasteiger partial charge >= 0.3 is 0 Å². The van der Waals surface area contributed by atoms with Crippen molar-refractivity contribution in [1.82, 2.24) is 5.32 Å². The van der Waals surface area contributed by atoms with Crippen LogP contribution in [0, 0.1) is 0 Å². The minimum Gasteiger partial charge on any atom is -0.379 e. The number of anilines is 1. The van der Waals surface area contributed by atoms with Gasteiger partial charge in [0.2, 0.25) is 5.91 Å². The van der Waals surface area contributed by atoms with Crippen LogP contribution in [-0.4, -0.2) is 11.4 Å². The number of halogens is 2. The normalized spacial score (nSPS) is 16.5. The number of hydrogen-bond donors (Lipinski definition) is 2. The summed E-state index contributed by atoms with van der Waals surface area (Å²) in [6.45, 7) is 4.28. The fraction of sp³-hybridized carbons (Fsp3) is 0.211. The zero-order valence-electron chi connectivity index (χ0n) is 13.6. The lowest BCUT2D eigenvalue weighted by atomic mass is 9.86. The van der Waals surface area contributed by atoms with Crippen molar-refractivity contribution < 1.29 is 4.79 Å². The Morgan fingerprint density at radius 3 is 2.54 bits per heavy atom. The first-order valence-electron chi connectivity index (χ1n) is 7.58. The van der Waals surface area contributed by atoms with Crippen molar-refractivity contribution in [3.8, 4) is 0 Å². The molecule has 0 radical (unpaired) electrons. The second kappa shape index (κ2) is 7.41. The predicted molar refractivity (Wildman–Crippen MR) is 105 cm³/mol. The SMILES string of the molecule is CC1(C)Cc2ccccc2/C(=C\C(=O)Nc2ccc(Br)cc2)N1.Cl. The Bertz CT molecular complexity index is 769. The van der Waals surface area contributed by atoms with Crippen LogP contribution >= 0.6 is 28.3 Å². The molecule has 0 saturated heterocycles. The van der Waals surface area contributed by atoms with Crippen LogP contribution in [0.3, 0.4) is 0 Å². The molecular weight excluding hydrogens is 388 g/mol. The van der Waals surface area contributed by atoms with E-state index in [4.69, 9.17) is 0 Å². The molecule has 5 heteroatoms. The molecule has 1 aliphatic heterocycles. The lowest BCUT2D eigenvalue weighted by Gasteiger charge is -2.35. The summed E-state index contributed by atoms with van der Waals surface area (Å²) < 4.78 is 0.985. The molecule has 0 atom stereocenters. The van der Waals surface area contributed by atoms with Gasteiger partial charge in [-0.25, -0.2) is 0 Å². The third-order valence-corrected chi connectivity index (χ3v) is 4.33. The third kappa shape index (κ3) is 4.40. The average Bonchev–Trinajstić information content (AvgIpc) is 2.48. The average molecular weight is 408 g/mol. The Kier molecular flexibility index (Phi) is 5.73. The molecular formula is C19H20BrClN2O. The summed E-state index contributed by atoms with van der Waals surface area (Å²) in [4.78, 5) is 12.3. The third-order valence-electron chi connectivity index (χ3n) is 3.80. The summed E-state index contributed by atoms with van der Waals surface area (Å²) in [7, 11) is 0. The molecule has 3 rings (SSSR count). The van der Waals surface area contributed by atoms with Gasteiger partial charge in [-0.3, -0.25) is 4.79 Å². The van der Waals surface area contributed by atoms with Crippen LogP contribution in [0.15, 0.2) is 59.1 Å². The Labute approximate surface area is 157 Å². The van der Waals surface area contributed by atoms with Gasteiger partial charge in [0.05, 0.1) is 0 Å². The van der Waals surface area contributed by atoms with E-state index in [1.165, 1.54) is 5.56 Å². The van der Waals surface area contributed by atoms with Gasteiger partial charge in [-0.05, 0) is 50.1 Å². The maximum absolute atomic E-state index is 12.3. The molecule has 0 aromatic heterocycles. The fourth-order valence-corrected chi connectivity index (χ4v) is 3.11. The van der Waals surface area contributed by atoms with Crippen LogP contribution in [0.4, 0.5) is 5.69 Å². The van der Waals surface area contributed by atoms with Gasteiger partial charge in [0.15, 0.2) is 0 Å². The number of rotatable bonds is 2. The highest BCUT2D eigenvalue weighted by Crippen LogP contribution is 2.29. The topological polar surface area (TPSA) is 41.1 Å². The number of hydrogen-bond acceptors (Lipinski definition) is 2. The van der Waals surface area contributed by atoms with E-state index in [9.17, 15) is 4.79 Å². The van der Waals surface area contributed by atoms with E-state index in [0.717, 1.165) is 27.8 Å². The van der Waals surface area contributed by atoms with Crippen molar-refractivity contribution in [2.45, 2.75) is 25.8 Å². The van der Waals surface area contributed by atoms with Crippen LogP contribution in [-0.2, 0) is 11.2 Å². The zero-order valence-corrected chi connectivity index (χ0v) is 16.0. The van der Waals surface area contributed by atoms with Gasteiger partial charge in [-0.2, -0.15) is 0 Å². The maximum Gasteiger partial charge on any atom is 0.250 e. The highest BCUT2D eigenvalue weighted by atomic mass is 79.9. The van der Waals surface area contributed by atoms with Crippen LogP contribution in [0.5, 0.6) is 0 Å². The Morgan fingerprint density at radius 1 is 1.17 bits per heavy atom. The summed E-state index contributed by atoms with van der Waals surface area (Å²) in [6.07, 6.45) is 2.58. The number of fused-ring (bicyclic) bond motifs is 1. The molecule has 1 aliphatic rings. The van der Waals surface area contributed by atoms with E-state index in [1.807, 2.05) is 36.4 Å². The van der Waals surface area contributed by atoms with Crippen LogP contribution in [0.25, 0.3) is 5.70 Å². The largest absolute Gasteiger partial charge is 0.379 e. The van der Waals surface area contributed by atoms with Crippen molar-refractivity contribution in [3.05, 3.63) is 70.2 Å². The minimum atomic E-state index is -0.137. The molecule has 0 bridgehead atoms. The quantitative estimate of drug-likeness (QED) is 0.704. The van der Waals surface area contributed by atoms with E-state index in [1.54, 1.807) is 6.08 Å². The van der Waals surface area contributed by atoms with Crippen molar-refractivity contribution in [1.29, 1.82) is 0 Å². The van der Waals surface area contributed by atoms with Crippen molar-refractivity contribution in [2.75, 3.05) is 5.32 Å². The van der Waals surface area contributed by atoms with Gasteiger partial charge in [0.25, 0.3) is 0 Å². The molecule has 0 unspecified atom stereocenters. The highest BCUT2D eigenvalue weighted by molar-refractivity contribution is 9.10. The molecule has 0 saturated carbocycles. The van der Waals surface area contributed by atoms with E-state index in [-0.39, 0.29) is 23.9 Å². The lowest BCUT2D eigenvalue weighted by Crippen LogP contribution is -2.44. The molecule has 1 heterocycles. The maximum atomic E-state index is 12.3. The highest BCUT2D eigenvalue weighted by Gasteiger charge is 2.27. The number of carbonyl (C=O) groups is 1. The first-order valence-corrected chi connectivity index (χ1v) is 8.37. The molecule has 24 heavy (non-hydrogen) atoms. The summed E-state index contributed by atoms with van der Waals surface area (Å²) in [5.41, 5.74) is 3.93. The van der Waals surface area contributed by atoms with Gasteiger partial charge in [0, 0.05) is 33.0 Å². The zero-order chi connectivity index (χ0) is 16.4. The minimum absolute atomic E-state index is 0. The van der Waals surface area contributed by atoms with Gasteiger partial charge in [-0.15, -0.1) is 12.4 Å². The summed E-state index contributed by atoms with van der Waals surface area (Å²) >= 11 is 3.39. The van der Waals surface area contributed by atoms with Gasteiger partial charge in [0.1, 0.15) is 0 Å². The first kappa shape index (κ1) is 18.6. The van der Waals surface area contributed by atoms with Crippen LogP contribution in [0.1, 0.15) is 25.0 Å². The van der Waals surface area contributed by atoms with Crippen LogP contribution in [0.2, 0.25) is 0 Å². The molecule has 0 fully saturated rings. The molecule has 2 aromatic carbocycles. The fourth-order valence-electron chi connectivity index (χ4n) is 2.85. The van der Waals surface area contributed by atoms with Gasteiger partial charge < -0.3 is 10.6 Å². The Balaban J connectivity index is 0.00000208. The molecule has 2 N–H and O–H groups in total. The first-order chi connectivity index (χ1) is 10.9. The van der Waals surface area contributed by atoms with Gasteiger partial charge in [-0.1, -0.05) is 40.2 Å².